The van der Waals surface area contributed by atoms with Crippen LogP contribution in [0, 0.1) is 0 Å². The number of rotatable bonds is 10. The fourth-order valence-corrected chi connectivity index (χ4v) is 3.66. The van der Waals surface area contributed by atoms with Crippen LogP contribution >= 0.6 is 0 Å². The van der Waals surface area contributed by atoms with Crippen molar-refractivity contribution in [3.63, 3.8) is 0 Å². The Kier molecular flexibility index (Phi) is 10.4. The Morgan fingerprint density at radius 2 is 1.54 bits per heavy atom. The van der Waals surface area contributed by atoms with E-state index < -0.39 is 16.0 Å². The summed E-state index contributed by atoms with van der Waals surface area (Å²) in [6.07, 6.45) is 4.30. The first kappa shape index (κ1) is 24.9. The number of unbranched alkanes of at least 4 members (excludes halogenated alkanes) is 1. The number of carbonyl (C=O) groups excluding carboxylic acids is 1. The zero-order chi connectivity index (χ0) is 19.9. The SMILES string of the molecule is CCCCc1ccc(CN(Cc2cccc(CC(=O)[O-])c2)S(C)(=O)=O)cc1.[Na+]. The molecule has 5 nitrogen and oxygen atoms in total. The van der Waals surface area contributed by atoms with Crippen LogP contribution in [0.4, 0.5) is 0 Å². The van der Waals surface area contributed by atoms with E-state index in [4.69, 9.17) is 0 Å². The Hall–Kier alpha value is -1.18. The quantitative estimate of drug-likeness (QED) is 0.484. The first-order valence-electron chi connectivity index (χ1n) is 9.08. The zero-order valence-corrected chi connectivity index (χ0v) is 19.7. The molecule has 0 atom stereocenters. The molecule has 28 heavy (non-hydrogen) atoms. The van der Waals surface area contributed by atoms with Gasteiger partial charge in [0.15, 0.2) is 0 Å². The molecule has 0 aromatic heterocycles. The van der Waals surface area contributed by atoms with Gasteiger partial charge in [-0.2, -0.15) is 4.31 Å². The average molecular weight is 411 g/mol. The molecule has 0 amide bonds. The number of carboxylic acids is 1. The molecule has 0 unspecified atom stereocenters. The Balaban J connectivity index is 0.00000392. The van der Waals surface area contributed by atoms with E-state index in [1.807, 2.05) is 24.3 Å². The predicted molar refractivity (Wildman–Crippen MR) is 104 cm³/mol. The number of hydrogen-bond acceptors (Lipinski definition) is 4. The Morgan fingerprint density at radius 1 is 0.964 bits per heavy atom. The van der Waals surface area contributed by atoms with Crippen LogP contribution < -0.4 is 34.7 Å². The first-order chi connectivity index (χ1) is 12.8. The molecule has 0 saturated carbocycles. The minimum atomic E-state index is -3.42. The smallest absolute Gasteiger partial charge is 0.550 e. The summed E-state index contributed by atoms with van der Waals surface area (Å²) in [5, 5.41) is 10.8. The molecule has 7 heteroatoms. The largest absolute Gasteiger partial charge is 1.00 e. The van der Waals surface area contributed by atoms with Crippen LogP contribution in [0.2, 0.25) is 0 Å². The van der Waals surface area contributed by atoms with Gasteiger partial charge in [0.05, 0.1) is 6.26 Å². The molecule has 2 aromatic rings. The molecule has 0 fully saturated rings. The van der Waals surface area contributed by atoms with E-state index in [2.05, 4.69) is 6.92 Å². The normalized spacial score (nSPS) is 11.2. The average Bonchev–Trinajstić information content (AvgIpc) is 2.59. The minimum Gasteiger partial charge on any atom is -0.550 e. The summed E-state index contributed by atoms with van der Waals surface area (Å²) >= 11 is 0. The van der Waals surface area contributed by atoms with Gasteiger partial charge in [0.25, 0.3) is 0 Å². The third kappa shape index (κ3) is 8.45. The summed E-state index contributed by atoms with van der Waals surface area (Å²) in [7, 11) is -3.42. The predicted octanol–water partition coefficient (Wildman–Crippen LogP) is -0.713. The van der Waals surface area contributed by atoms with E-state index in [1.165, 1.54) is 16.1 Å². The van der Waals surface area contributed by atoms with Crippen molar-refractivity contribution in [3.8, 4) is 0 Å². The summed E-state index contributed by atoms with van der Waals surface area (Å²) in [4.78, 5) is 10.8. The number of carbonyl (C=O) groups is 1. The molecule has 0 spiro atoms. The summed E-state index contributed by atoms with van der Waals surface area (Å²) in [5.74, 6) is -1.16. The van der Waals surface area contributed by atoms with Crippen molar-refractivity contribution in [3.05, 3.63) is 70.8 Å². The number of carboxylic acid groups (broad SMARTS) is 1. The fourth-order valence-electron chi connectivity index (χ4n) is 2.89. The van der Waals surface area contributed by atoms with Gasteiger partial charge >= 0.3 is 29.6 Å². The first-order valence-corrected chi connectivity index (χ1v) is 10.9. The van der Waals surface area contributed by atoms with E-state index in [0.29, 0.717) is 5.56 Å². The second-order valence-electron chi connectivity index (χ2n) is 6.82. The topological polar surface area (TPSA) is 77.5 Å². The van der Waals surface area contributed by atoms with Gasteiger partial charge in [0, 0.05) is 25.5 Å². The Morgan fingerprint density at radius 3 is 2.11 bits per heavy atom. The summed E-state index contributed by atoms with van der Waals surface area (Å²) in [5.41, 5.74) is 3.52. The second kappa shape index (κ2) is 11.7. The number of aryl methyl sites for hydroxylation is 1. The van der Waals surface area contributed by atoms with Crippen molar-refractivity contribution >= 4 is 16.0 Å². The molecule has 2 rings (SSSR count). The maximum absolute atomic E-state index is 12.2. The van der Waals surface area contributed by atoms with Gasteiger partial charge < -0.3 is 9.90 Å². The second-order valence-corrected chi connectivity index (χ2v) is 8.80. The van der Waals surface area contributed by atoms with Gasteiger partial charge in [0.1, 0.15) is 0 Å². The zero-order valence-electron chi connectivity index (χ0n) is 16.8. The number of nitrogens with zero attached hydrogens (tertiary/aromatic N) is 1. The van der Waals surface area contributed by atoms with E-state index in [0.717, 1.165) is 30.4 Å². The Labute approximate surface area is 190 Å². The molecular formula is C21H26NNaO4S. The third-order valence-electron chi connectivity index (χ3n) is 4.37. The summed E-state index contributed by atoms with van der Waals surface area (Å²) < 4.78 is 25.9. The third-order valence-corrected chi connectivity index (χ3v) is 5.56. The summed E-state index contributed by atoms with van der Waals surface area (Å²) in [6, 6.07) is 15.0. The van der Waals surface area contributed by atoms with Gasteiger partial charge in [-0.3, -0.25) is 0 Å². The summed E-state index contributed by atoms with van der Waals surface area (Å²) in [6.45, 7) is 2.62. The monoisotopic (exact) mass is 411 g/mol. The molecule has 0 bridgehead atoms. The maximum Gasteiger partial charge on any atom is 1.00 e. The van der Waals surface area contributed by atoms with Crippen LogP contribution in [0.1, 0.15) is 42.0 Å². The molecular weight excluding hydrogens is 385 g/mol. The van der Waals surface area contributed by atoms with E-state index in [-0.39, 0.29) is 49.1 Å². The van der Waals surface area contributed by atoms with E-state index >= 15 is 0 Å². The van der Waals surface area contributed by atoms with Crippen molar-refractivity contribution < 1.29 is 47.9 Å². The van der Waals surface area contributed by atoms with Crippen molar-refractivity contribution in [1.82, 2.24) is 4.31 Å². The maximum atomic E-state index is 12.2. The molecule has 146 valence electrons. The standard InChI is InChI=1S/C21H27NO4S.Na/c1-3-4-6-17-9-11-18(12-10-17)15-22(27(2,25)26)16-20-8-5-7-19(13-20)14-21(23)24;/h5,7-13H,3-4,6,14-16H2,1-2H3,(H,23,24);/q;+1/p-1. The van der Waals surface area contributed by atoms with Gasteiger partial charge in [0.2, 0.25) is 10.0 Å². The van der Waals surface area contributed by atoms with Crippen molar-refractivity contribution in [1.29, 1.82) is 0 Å². The molecule has 0 heterocycles. The van der Waals surface area contributed by atoms with Gasteiger partial charge in [-0.15, -0.1) is 0 Å². The molecule has 0 N–H and O–H groups in total. The molecule has 0 saturated heterocycles. The van der Waals surface area contributed by atoms with Crippen LogP contribution in [0.5, 0.6) is 0 Å². The Bertz CT molecular complexity index is 866. The van der Waals surface area contributed by atoms with Crippen molar-refractivity contribution in [2.45, 2.75) is 45.7 Å². The molecule has 0 aliphatic heterocycles. The van der Waals surface area contributed by atoms with Crippen LogP contribution in [0.25, 0.3) is 0 Å². The van der Waals surface area contributed by atoms with E-state index in [9.17, 15) is 18.3 Å². The van der Waals surface area contributed by atoms with Crippen LogP contribution in [0.3, 0.4) is 0 Å². The molecule has 0 radical (unpaired) electrons. The minimum absolute atomic E-state index is 0. The van der Waals surface area contributed by atoms with Crippen LogP contribution in [-0.2, 0) is 40.7 Å². The van der Waals surface area contributed by atoms with E-state index in [1.54, 1.807) is 24.3 Å². The number of hydrogen-bond donors (Lipinski definition) is 0. The van der Waals surface area contributed by atoms with Crippen molar-refractivity contribution in [2.75, 3.05) is 6.26 Å². The molecule has 0 aliphatic rings. The molecule has 0 aliphatic carbocycles. The van der Waals surface area contributed by atoms with Gasteiger partial charge in [-0.25, -0.2) is 8.42 Å². The van der Waals surface area contributed by atoms with Gasteiger partial charge in [-0.05, 0) is 35.1 Å². The number of benzene rings is 2. The number of aliphatic carboxylic acids is 1. The fraction of sp³-hybridized carbons (Fsp3) is 0.381. The van der Waals surface area contributed by atoms with Crippen LogP contribution in [-0.4, -0.2) is 24.9 Å². The van der Waals surface area contributed by atoms with Crippen LogP contribution in [0.15, 0.2) is 48.5 Å². The van der Waals surface area contributed by atoms with Gasteiger partial charge in [-0.1, -0.05) is 61.9 Å². The molecule has 2 aromatic carbocycles. The van der Waals surface area contributed by atoms with Crippen molar-refractivity contribution in [2.24, 2.45) is 0 Å². The number of sulfonamides is 1.